The van der Waals surface area contributed by atoms with Crippen molar-refractivity contribution in [2.24, 2.45) is 5.73 Å². The van der Waals surface area contributed by atoms with Crippen LogP contribution in [0.25, 0.3) is 0 Å². The third-order valence-electron chi connectivity index (χ3n) is 7.13. The summed E-state index contributed by atoms with van der Waals surface area (Å²) < 4.78 is 21.7. The number of carboxylic acids is 1. The number of carbonyl (C=O) groups is 4. The summed E-state index contributed by atoms with van der Waals surface area (Å²) in [7, 11) is 0. The summed E-state index contributed by atoms with van der Waals surface area (Å²) in [5.41, 5.74) is 4.98. The molecule has 2 rings (SSSR count). The lowest BCUT2D eigenvalue weighted by Gasteiger charge is -2.28. The standard InChI is InChI=1S/C31H47NO9/c1-4-6-9-15-27(33)40-25-18-17-23(19-26(25)41-28(34)16-10-7-5-2)21-31(32,29(35)36)20-22(3)38-30(37)39-24-13-11-8-12-14-24/h17-19,22,24H,4-16,20-21,32H2,1-3H3,(H,35,36)/t22-,31?/m0/s1. The second-order valence-corrected chi connectivity index (χ2v) is 11.0. The summed E-state index contributed by atoms with van der Waals surface area (Å²) in [6.07, 6.45) is 7.92. The van der Waals surface area contributed by atoms with E-state index in [2.05, 4.69) is 0 Å². The number of unbranched alkanes of at least 4 members (excludes halogenated alkanes) is 4. The highest BCUT2D eigenvalue weighted by Gasteiger charge is 2.37. The van der Waals surface area contributed by atoms with E-state index in [0.717, 1.165) is 57.8 Å². The summed E-state index contributed by atoms with van der Waals surface area (Å²) in [4.78, 5) is 49.4. The first-order valence-corrected chi connectivity index (χ1v) is 15.0. The molecule has 2 atom stereocenters. The highest BCUT2D eigenvalue weighted by Crippen LogP contribution is 2.32. The minimum atomic E-state index is -1.80. The molecule has 0 aliphatic heterocycles. The first-order chi connectivity index (χ1) is 19.6. The van der Waals surface area contributed by atoms with Crippen LogP contribution in [0.15, 0.2) is 18.2 Å². The Morgan fingerprint density at radius 1 is 0.927 bits per heavy atom. The number of esters is 2. The van der Waals surface area contributed by atoms with Crippen molar-refractivity contribution in [2.45, 2.75) is 135 Å². The van der Waals surface area contributed by atoms with Crippen LogP contribution < -0.4 is 15.2 Å². The largest absolute Gasteiger partial charge is 0.508 e. The third-order valence-corrected chi connectivity index (χ3v) is 7.13. The molecule has 0 aromatic heterocycles. The zero-order valence-electron chi connectivity index (χ0n) is 24.8. The van der Waals surface area contributed by atoms with Crippen LogP contribution in [-0.4, -0.2) is 46.9 Å². The van der Waals surface area contributed by atoms with Crippen molar-refractivity contribution in [1.82, 2.24) is 0 Å². The Hall–Kier alpha value is -3.14. The molecular weight excluding hydrogens is 530 g/mol. The molecule has 41 heavy (non-hydrogen) atoms. The van der Waals surface area contributed by atoms with Gasteiger partial charge in [-0.2, -0.15) is 0 Å². The predicted molar refractivity (Wildman–Crippen MR) is 153 cm³/mol. The Labute approximate surface area is 243 Å². The summed E-state index contributed by atoms with van der Waals surface area (Å²) >= 11 is 0. The SMILES string of the molecule is CCCCCC(=O)Oc1ccc(CC(N)(C[C@H](C)OC(=O)OC2CCCCC2)C(=O)O)cc1OC(=O)CCCCC. The molecule has 0 radical (unpaired) electrons. The van der Waals surface area contributed by atoms with E-state index in [9.17, 15) is 24.3 Å². The third kappa shape index (κ3) is 12.5. The Balaban J connectivity index is 2.14. The highest BCUT2D eigenvalue weighted by molar-refractivity contribution is 5.79. The summed E-state index contributed by atoms with van der Waals surface area (Å²) in [5, 5.41) is 10.00. The van der Waals surface area contributed by atoms with Crippen LogP contribution in [0.2, 0.25) is 0 Å². The van der Waals surface area contributed by atoms with Crippen molar-refractivity contribution in [3.8, 4) is 11.5 Å². The fourth-order valence-corrected chi connectivity index (χ4v) is 4.88. The lowest BCUT2D eigenvalue weighted by atomic mass is 9.86. The predicted octanol–water partition coefficient (Wildman–Crippen LogP) is 6.25. The molecule has 1 aliphatic rings. The highest BCUT2D eigenvalue weighted by atomic mass is 16.7. The molecule has 10 heteroatoms. The molecule has 1 unspecified atom stereocenters. The molecule has 1 aromatic carbocycles. The van der Waals surface area contributed by atoms with Crippen LogP contribution in [0, 0.1) is 0 Å². The van der Waals surface area contributed by atoms with Gasteiger partial charge in [0.2, 0.25) is 0 Å². The molecule has 230 valence electrons. The Kier molecular flexibility index (Phi) is 14.6. The number of ether oxygens (including phenoxy) is 4. The van der Waals surface area contributed by atoms with Gasteiger partial charge in [-0.3, -0.25) is 14.4 Å². The average Bonchev–Trinajstić information content (AvgIpc) is 2.90. The van der Waals surface area contributed by atoms with Crippen molar-refractivity contribution in [2.75, 3.05) is 0 Å². The van der Waals surface area contributed by atoms with Crippen LogP contribution in [0.1, 0.15) is 116 Å². The number of nitrogens with two attached hydrogens (primary N) is 1. The lowest BCUT2D eigenvalue weighted by molar-refractivity contribution is -0.145. The second-order valence-electron chi connectivity index (χ2n) is 11.0. The average molecular weight is 578 g/mol. The van der Waals surface area contributed by atoms with Gasteiger partial charge in [0.15, 0.2) is 11.5 Å². The van der Waals surface area contributed by atoms with Gasteiger partial charge in [0.05, 0.1) is 0 Å². The van der Waals surface area contributed by atoms with E-state index in [1.165, 1.54) is 12.1 Å². The molecule has 0 amide bonds. The number of rotatable bonds is 17. The van der Waals surface area contributed by atoms with Gasteiger partial charge in [-0.15, -0.1) is 0 Å². The van der Waals surface area contributed by atoms with E-state index >= 15 is 0 Å². The van der Waals surface area contributed by atoms with Crippen molar-refractivity contribution >= 4 is 24.1 Å². The van der Waals surface area contributed by atoms with E-state index in [1.54, 1.807) is 13.0 Å². The monoisotopic (exact) mass is 577 g/mol. The first-order valence-electron chi connectivity index (χ1n) is 15.0. The van der Waals surface area contributed by atoms with Gasteiger partial charge in [0.25, 0.3) is 0 Å². The molecule has 0 spiro atoms. The van der Waals surface area contributed by atoms with Gasteiger partial charge in [-0.05, 0) is 63.1 Å². The number of benzene rings is 1. The quantitative estimate of drug-likeness (QED) is 0.123. The molecular formula is C31H47NO9. The van der Waals surface area contributed by atoms with Gasteiger partial charge in [-0.1, -0.05) is 52.0 Å². The number of hydrogen-bond donors (Lipinski definition) is 2. The van der Waals surface area contributed by atoms with Crippen LogP contribution in [-0.2, 0) is 30.3 Å². The number of aliphatic carboxylic acids is 1. The molecule has 0 saturated heterocycles. The number of carboxylic acid groups (broad SMARTS) is 1. The smallest absolute Gasteiger partial charge is 0.480 e. The molecule has 10 nitrogen and oxygen atoms in total. The van der Waals surface area contributed by atoms with Gasteiger partial charge >= 0.3 is 24.1 Å². The van der Waals surface area contributed by atoms with Gasteiger partial charge < -0.3 is 29.8 Å². The molecule has 3 N–H and O–H groups in total. The van der Waals surface area contributed by atoms with E-state index < -0.39 is 35.7 Å². The van der Waals surface area contributed by atoms with Crippen molar-refractivity contribution in [3.63, 3.8) is 0 Å². The Morgan fingerprint density at radius 2 is 1.51 bits per heavy atom. The van der Waals surface area contributed by atoms with Gasteiger partial charge in [-0.25, -0.2) is 4.79 Å². The summed E-state index contributed by atoms with van der Waals surface area (Å²) in [6.45, 7) is 5.63. The molecule has 1 aromatic rings. The fraction of sp³-hybridized carbons (Fsp3) is 0.677. The molecule has 0 heterocycles. The molecule has 1 fully saturated rings. The zero-order valence-corrected chi connectivity index (χ0v) is 24.8. The minimum absolute atomic E-state index is 0.0286. The summed E-state index contributed by atoms with van der Waals surface area (Å²) in [6, 6.07) is 4.53. The van der Waals surface area contributed by atoms with Crippen molar-refractivity contribution in [3.05, 3.63) is 23.8 Å². The zero-order chi connectivity index (χ0) is 30.3. The van der Waals surface area contributed by atoms with E-state index in [-0.39, 0.29) is 43.3 Å². The second kappa shape index (κ2) is 17.6. The maximum atomic E-state index is 12.5. The van der Waals surface area contributed by atoms with Crippen molar-refractivity contribution < 1.29 is 43.2 Å². The summed E-state index contributed by atoms with van der Waals surface area (Å²) in [5.74, 6) is -2.09. The fourth-order valence-electron chi connectivity index (χ4n) is 4.88. The Morgan fingerprint density at radius 3 is 2.07 bits per heavy atom. The van der Waals surface area contributed by atoms with Crippen LogP contribution >= 0.6 is 0 Å². The van der Waals surface area contributed by atoms with E-state index in [4.69, 9.17) is 24.7 Å². The minimum Gasteiger partial charge on any atom is -0.480 e. The first kappa shape index (κ1) is 34.1. The number of carbonyl (C=O) groups excluding carboxylic acids is 3. The van der Waals surface area contributed by atoms with Gasteiger partial charge in [0.1, 0.15) is 17.7 Å². The van der Waals surface area contributed by atoms with E-state index in [1.807, 2.05) is 13.8 Å². The van der Waals surface area contributed by atoms with Crippen molar-refractivity contribution in [1.29, 1.82) is 0 Å². The van der Waals surface area contributed by atoms with Crippen LogP contribution in [0.3, 0.4) is 0 Å². The van der Waals surface area contributed by atoms with Crippen LogP contribution in [0.5, 0.6) is 11.5 Å². The van der Waals surface area contributed by atoms with Crippen LogP contribution in [0.4, 0.5) is 4.79 Å². The number of hydrogen-bond acceptors (Lipinski definition) is 9. The normalized spacial score (nSPS) is 15.8. The van der Waals surface area contributed by atoms with E-state index in [0.29, 0.717) is 18.4 Å². The maximum absolute atomic E-state index is 12.5. The van der Waals surface area contributed by atoms with Gasteiger partial charge in [0, 0.05) is 25.7 Å². The maximum Gasteiger partial charge on any atom is 0.508 e. The Bertz CT molecular complexity index is 1010. The molecule has 1 saturated carbocycles. The molecule has 1 aliphatic carbocycles. The lowest BCUT2D eigenvalue weighted by Crippen LogP contribution is -2.52. The topological polar surface area (TPSA) is 151 Å². The molecule has 0 bridgehead atoms.